The van der Waals surface area contributed by atoms with Crippen LogP contribution in [0.5, 0.6) is 0 Å². The fourth-order valence-electron chi connectivity index (χ4n) is 2.28. The van der Waals surface area contributed by atoms with E-state index in [9.17, 15) is 14.8 Å². The number of carbonyl (C=O) groups is 2. The molecule has 0 fully saturated rings. The van der Waals surface area contributed by atoms with E-state index in [0.717, 1.165) is 16.0 Å². The van der Waals surface area contributed by atoms with Gasteiger partial charge in [-0.25, -0.2) is 14.3 Å². The summed E-state index contributed by atoms with van der Waals surface area (Å²) in [6, 6.07) is 8.12. The first-order valence-electron chi connectivity index (χ1n) is 6.19. The minimum Gasteiger partial charge on any atom is -0.711 e. The van der Waals surface area contributed by atoms with E-state index >= 15 is 0 Å². The lowest BCUT2D eigenvalue weighted by Crippen LogP contribution is -2.41. The lowest BCUT2D eigenvalue weighted by Gasteiger charge is -2.14. The van der Waals surface area contributed by atoms with E-state index in [1.807, 2.05) is 6.92 Å². The van der Waals surface area contributed by atoms with Crippen LogP contribution < -0.4 is 9.63 Å². The van der Waals surface area contributed by atoms with Gasteiger partial charge in [0.1, 0.15) is 0 Å². The highest BCUT2D eigenvalue weighted by Crippen LogP contribution is 2.26. The third-order valence-electron chi connectivity index (χ3n) is 3.53. The predicted molar refractivity (Wildman–Crippen MR) is 72.5 cm³/mol. The molecule has 0 bridgehead atoms. The monoisotopic (exact) mass is 268 g/mol. The van der Waals surface area contributed by atoms with Gasteiger partial charge < -0.3 is 5.21 Å². The number of aryl methyl sites for hydroxylation is 2. The molecule has 1 aliphatic rings. The molecule has 2 amide bonds. The van der Waals surface area contributed by atoms with E-state index in [1.54, 1.807) is 37.3 Å². The molecule has 0 saturated heterocycles. The maximum atomic E-state index is 12.3. The number of benzene rings is 1. The Balaban J connectivity index is 2.17. The van der Waals surface area contributed by atoms with Crippen molar-refractivity contribution in [2.45, 2.75) is 13.8 Å². The fourth-order valence-corrected chi connectivity index (χ4v) is 2.28. The summed E-state index contributed by atoms with van der Waals surface area (Å²) in [7, 11) is 0. The molecule has 0 atom stereocenters. The van der Waals surface area contributed by atoms with Crippen LogP contribution in [0, 0.1) is 19.1 Å². The van der Waals surface area contributed by atoms with E-state index in [4.69, 9.17) is 0 Å². The molecule has 2 heterocycles. The molecule has 100 valence electrons. The van der Waals surface area contributed by atoms with Gasteiger partial charge in [0.15, 0.2) is 0 Å². The number of carbonyl (C=O) groups excluding carboxylic acids is 2. The SMILES string of the molecule is Cc1cc(N2C(=O)c3ccccc3C2=O)[n+]([O-])cc1C. The highest BCUT2D eigenvalue weighted by Gasteiger charge is 2.44. The molecular weight excluding hydrogens is 256 g/mol. The van der Waals surface area contributed by atoms with Gasteiger partial charge in [0.05, 0.1) is 17.3 Å². The van der Waals surface area contributed by atoms with Crippen LogP contribution in [0.3, 0.4) is 0 Å². The highest BCUT2D eigenvalue weighted by atomic mass is 16.5. The molecule has 2 aromatic rings. The molecule has 20 heavy (non-hydrogen) atoms. The van der Waals surface area contributed by atoms with Crippen LogP contribution in [0.4, 0.5) is 5.82 Å². The molecule has 0 radical (unpaired) electrons. The lowest BCUT2D eigenvalue weighted by atomic mass is 10.1. The number of amides is 2. The molecule has 1 aliphatic heterocycles. The summed E-state index contributed by atoms with van der Waals surface area (Å²) in [4.78, 5) is 25.6. The number of anilines is 1. The van der Waals surface area contributed by atoms with Crippen LogP contribution in [0.15, 0.2) is 36.5 Å². The first kappa shape index (κ1) is 12.3. The quantitative estimate of drug-likeness (QED) is 0.449. The summed E-state index contributed by atoms with van der Waals surface area (Å²) in [6.07, 6.45) is 1.37. The molecule has 0 spiro atoms. The van der Waals surface area contributed by atoms with E-state index < -0.39 is 11.8 Å². The highest BCUT2D eigenvalue weighted by molar-refractivity contribution is 6.33. The maximum Gasteiger partial charge on any atom is 0.349 e. The summed E-state index contributed by atoms with van der Waals surface area (Å²) in [6.45, 7) is 3.63. The van der Waals surface area contributed by atoms with Crippen LogP contribution in [-0.4, -0.2) is 11.8 Å². The predicted octanol–water partition coefficient (Wildman–Crippen LogP) is 1.74. The van der Waals surface area contributed by atoms with Crippen molar-refractivity contribution in [3.05, 3.63) is 64.0 Å². The van der Waals surface area contributed by atoms with Crippen molar-refractivity contribution in [2.75, 3.05) is 4.90 Å². The zero-order valence-electron chi connectivity index (χ0n) is 11.1. The number of hydrogen-bond acceptors (Lipinski definition) is 3. The zero-order chi connectivity index (χ0) is 14.4. The van der Waals surface area contributed by atoms with Crippen molar-refractivity contribution in [1.82, 2.24) is 0 Å². The standard InChI is InChI=1S/C15H12N2O3/c1-9-7-13(16(20)8-10(9)2)17-14(18)11-5-3-4-6-12(11)15(17)19/h3-8H,1-2H3. The average Bonchev–Trinajstić information content (AvgIpc) is 2.68. The topological polar surface area (TPSA) is 64.3 Å². The Kier molecular flexibility index (Phi) is 2.57. The molecule has 5 heteroatoms. The maximum absolute atomic E-state index is 12.3. The largest absolute Gasteiger partial charge is 0.711 e. The lowest BCUT2D eigenvalue weighted by molar-refractivity contribution is -0.591. The molecule has 0 saturated carbocycles. The molecule has 0 aliphatic carbocycles. The number of pyridine rings is 1. The fraction of sp³-hybridized carbons (Fsp3) is 0.133. The minimum atomic E-state index is -0.460. The molecule has 0 unspecified atom stereocenters. The minimum absolute atomic E-state index is 0.0410. The summed E-state index contributed by atoms with van der Waals surface area (Å²) < 4.78 is 0.560. The number of aromatic nitrogens is 1. The molecule has 0 N–H and O–H groups in total. The molecule has 1 aromatic heterocycles. The molecular formula is C15H12N2O3. The van der Waals surface area contributed by atoms with Crippen molar-refractivity contribution in [2.24, 2.45) is 0 Å². The van der Waals surface area contributed by atoms with Crippen LogP contribution >= 0.6 is 0 Å². The van der Waals surface area contributed by atoms with Crippen LogP contribution in [0.2, 0.25) is 0 Å². The Morgan fingerprint density at radius 2 is 1.55 bits per heavy atom. The Morgan fingerprint density at radius 3 is 2.10 bits per heavy atom. The van der Waals surface area contributed by atoms with Gasteiger partial charge in [-0.2, -0.15) is 0 Å². The van der Waals surface area contributed by atoms with E-state index in [0.29, 0.717) is 15.9 Å². The van der Waals surface area contributed by atoms with Crippen molar-refractivity contribution in [3.8, 4) is 0 Å². The number of imide groups is 1. The summed E-state index contributed by atoms with van der Waals surface area (Å²) >= 11 is 0. The summed E-state index contributed by atoms with van der Waals surface area (Å²) in [5.41, 5.74) is 2.32. The molecule has 3 rings (SSSR count). The average molecular weight is 268 g/mol. The first-order valence-corrected chi connectivity index (χ1v) is 6.19. The first-order chi connectivity index (χ1) is 9.50. The van der Waals surface area contributed by atoms with Gasteiger partial charge in [-0.3, -0.25) is 0 Å². The van der Waals surface area contributed by atoms with Crippen LogP contribution in [0.25, 0.3) is 0 Å². The third kappa shape index (κ3) is 1.60. The normalized spacial score (nSPS) is 13.8. The smallest absolute Gasteiger partial charge is 0.349 e. The van der Waals surface area contributed by atoms with E-state index in [1.165, 1.54) is 6.20 Å². The molecule has 1 aromatic carbocycles. The van der Waals surface area contributed by atoms with E-state index in [2.05, 4.69) is 0 Å². The van der Waals surface area contributed by atoms with Gasteiger partial charge in [0.2, 0.25) is 0 Å². The third-order valence-corrected chi connectivity index (χ3v) is 3.53. The van der Waals surface area contributed by atoms with Gasteiger partial charge in [-0.15, -0.1) is 4.90 Å². The Hall–Kier alpha value is -2.69. The number of rotatable bonds is 1. The number of fused-ring (bicyclic) bond motifs is 1. The Morgan fingerprint density at radius 1 is 1.00 bits per heavy atom. The van der Waals surface area contributed by atoms with Crippen molar-refractivity contribution < 1.29 is 14.3 Å². The molecule has 5 nitrogen and oxygen atoms in total. The van der Waals surface area contributed by atoms with Crippen molar-refractivity contribution in [3.63, 3.8) is 0 Å². The number of hydrogen-bond donors (Lipinski definition) is 0. The van der Waals surface area contributed by atoms with Crippen LogP contribution in [-0.2, 0) is 0 Å². The summed E-state index contributed by atoms with van der Waals surface area (Å²) in [5, 5.41) is 12.0. The number of nitrogens with zero attached hydrogens (tertiary/aromatic N) is 2. The van der Waals surface area contributed by atoms with E-state index in [-0.39, 0.29) is 5.82 Å². The van der Waals surface area contributed by atoms with Crippen molar-refractivity contribution in [1.29, 1.82) is 0 Å². The van der Waals surface area contributed by atoms with Gasteiger partial charge in [0, 0.05) is 6.07 Å². The van der Waals surface area contributed by atoms with Crippen LogP contribution in [0.1, 0.15) is 31.8 Å². The second-order valence-corrected chi connectivity index (χ2v) is 4.81. The zero-order valence-corrected chi connectivity index (χ0v) is 11.1. The van der Waals surface area contributed by atoms with Gasteiger partial charge in [-0.1, -0.05) is 12.1 Å². The van der Waals surface area contributed by atoms with Gasteiger partial charge in [0.25, 0.3) is 5.82 Å². The second-order valence-electron chi connectivity index (χ2n) is 4.81. The van der Waals surface area contributed by atoms with Gasteiger partial charge in [-0.05, 0) is 37.1 Å². The Labute approximate surface area is 115 Å². The summed E-state index contributed by atoms with van der Waals surface area (Å²) in [5.74, 6) is -0.879. The van der Waals surface area contributed by atoms with Crippen molar-refractivity contribution >= 4 is 17.6 Å². The van der Waals surface area contributed by atoms with Gasteiger partial charge >= 0.3 is 11.8 Å². The second kappa shape index (κ2) is 4.16. The Bertz CT molecular complexity index is 718.